The molecule has 1 aliphatic heterocycles. The van der Waals surface area contributed by atoms with E-state index in [-0.39, 0.29) is 17.9 Å². The van der Waals surface area contributed by atoms with E-state index in [0.717, 1.165) is 59.2 Å². The smallest absolute Gasteiger partial charge is 0.226 e. The van der Waals surface area contributed by atoms with Gasteiger partial charge in [0.2, 0.25) is 5.91 Å². The van der Waals surface area contributed by atoms with Crippen LogP contribution in [0.25, 0.3) is 22.0 Å². The zero-order valence-corrected chi connectivity index (χ0v) is 21.9. The Bertz CT molecular complexity index is 1340. The van der Waals surface area contributed by atoms with Crippen molar-refractivity contribution in [3.63, 3.8) is 0 Å². The van der Waals surface area contributed by atoms with Crippen molar-refractivity contribution in [2.24, 2.45) is 5.92 Å². The first-order chi connectivity index (χ1) is 17.5. The summed E-state index contributed by atoms with van der Waals surface area (Å²) in [6, 6.07) is 14.3. The maximum absolute atomic E-state index is 12.6. The van der Waals surface area contributed by atoms with Crippen LogP contribution in [-0.4, -0.2) is 46.5 Å². The highest BCUT2D eigenvalue weighted by atomic mass is 35.5. The highest BCUT2D eigenvalue weighted by Gasteiger charge is 2.38. The van der Waals surface area contributed by atoms with Crippen LogP contribution in [0.5, 0.6) is 0 Å². The summed E-state index contributed by atoms with van der Waals surface area (Å²) in [6.07, 6.45) is 4.24. The fraction of sp³-hybridized carbons (Fsp3) is 0.448. The Labute approximate surface area is 217 Å². The largest absolute Gasteiger partial charge is 0.352 e. The summed E-state index contributed by atoms with van der Waals surface area (Å²) in [6.45, 7) is 8.15. The molecule has 0 radical (unpaired) electrons. The average molecular weight is 502 g/mol. The van der Waals surface area contributed by atoms with Crippen LogP contribution < -0.4 is 4.90 Å². The number of piperazine rings is 1. The fourth-order valence-corrected chi connectivity index (χ4v) is 5.33. The van der Waals surface area contributed by atoms with Gasteiger partial charge in [-0.3, -0.25) is 4.79 Å². The molecule has 6 rings (SSSR count). The lowest BCUT2D eigenvalue weighted by Gasteiger charge is -2.41. The van der Waals surface area contributed by atoms with Crippen molar-refractivity contribution in [1.29, 1.82) is 5.26 Å². The first kappa shape index (κ1) is 24.5. The molecule has 3 aromatic rings. The van der Waals surface area contributed by atoms with Gasteiger partial charge in [0.25, 0.3) is 0 Å². The highest BCUT2D eigenvalue weighted by molar-refractivity contribution is 6.30. The standard InChI is InChI=1S/C27H26ClN5O.C2H6/c1-16-15-32(10-11-33(16)27(34)18-8-9-18)26-19(14-29)12-22(25(31-26)17-6-7-17)21-13-24(28)30-23-5-3-2-4-20(21)23;1-2/h2-5,12-13,16-18H,6-11,15H2,1H3;1-2H3. The molecular weight excluding hydrogens is 470 g/mol. The molecule has 2 aliphatic carbocycles. The van der Waals surface area contributed by atoms with E-state index in [1.807, 2.05) is 55.1 Å². The van der Waals surface area contributed by atoms with Crippen molar-refractivity contribution in [3.8, 4) is 17.2 Å². The summed E-state index contributed by atoms with van der Waals surface area (Å²) in [5.41, 5.74) is 4.37. The summed E-state index contributed by atoms with van der Waals surface area (Å²) in [4.78, 5) is 26.5. The van der Waals surface area contributed by atoms with Crippen LogP contribution in [0, 0.1) is 17.2 Å². The quantitative estimate of drug-likeness (QED) is 0.399. The maximum Gasteiger partial charge on any atom is 0.226 e. The molecule has 3 aliphatic rings. The molecule has 6 nitrogen and oxygen atoms in total. The molecule has 0 spiro atoms. The average Bonchev–Trinajstić information content (AvgIpc) is 3.82. The van der Waals surface area contributed by atoms with E-state index in [1.165, 1.54) is 0 Å². The molecule has 0 bridgehead atoms. The van der Waals surface area contributed by atoms with E-state index >= 15 is 0 Å². The number of carbonyl (C=O) groups excluding carboxylic acids is 1. The van der Waals surface area contributed by atoms with Crippen molar-refractivity contribution < 1.29 is 4.79 Å². The van der Waals surface area contributed by atoms with Crippen LogP contribution in [0.3, 0.4) is 0 Å². The summed E-state index contributed by atoms with van der Waals surface area (Å²) >= 11 is 6.39. The Hall–Kier alpha value is -3.17. The molecule has 2 aromatic heterocycles. The van der Waals surface area contributed by atoms with Crippen molar-refractivity contribution in [1.82, 2.24) is 14.9 Å². The molecule has 3 fully saturated rings. The molecule has 1 unspecified atom stereocenters. The number of nitriles is 1. The normalized spacial score (nSPS) is 19.5. The minimum Gasteiger partial charge on any atom is -0.352 e. The number of halogens is 1. The number of hydrogen-bond acceptors (Lipinski definition) is 5. The zero-order valence-electron chi connectivity index (χ0n) is 21.2. The molecule has 7 heteroatoms. The van der Waals surface area contributed by atoms with Gasteiger partial charge < -0.3 is 9.80 Å². The molecular formula is C29H32ClN5O. The molecule has 1 aromatic carbocycles. The number of rotatable bonds is 4. The SMILES string of the molecule is CC.CC1CN(c2nc(C3CC3)c(-c3cc(Cl)nc4ccccc34)cc2C#N)CCN1C(=O)C1CC1. The second-order valence-corrected chi connectivity index (χ2v) is 10.2. The molecule has 1 atom stereocenters. The number of para-hydroxylation sites is 1. The van der Waals surface area contributed by atoms with Gasteiger partial charge in [-0.25, -0.2) is 9.97 Å². The highest BCUT2D eigenvalue weighted by Crippen LogP contribution is 2.46. The number of aromatic nitrogens is 2. The Morgan fingerprint density at radius 3 is 2.47 bits per heavy atom. The Morgan fingerprint density at radius 1 is 1.06 bits per heavy atom. The number of pyridine rings is 2. The molecule has 186 valence electrons. The fourth-order valence-electron chi connectivity index (χ4n) is 5.13. The van der Waals surface area contributed by atoms with Gasteiger partial charge in [-0.15, -0.1) is 0 Å². The van der Waals surface area contributed by atoms with Crippen molar-refractivity contribution >= 4 is 34.2 Å². The number of amides is 1. The van der Waals surface area contributed by atoms with Gasteiger partial charge in [0.15, 0.2) is 0 Å². The first-order valence-electron chi connectivity index (χ1n) is 13.1. The molecule has 0 N–H and O–H groups in total. The van der Waals surface area contributed by atoms with Crippen LogP contribution in [0.4, 0.5) is 5.82 Å². The third-order valence-electron chi connectivity index (χ3n) is 7.23. The van der Waals surface area contributed by atoms with Crippen LogP contribution >= 0.6 is 11.6 Å². The minimum absolute atomic E-state index is 0.0993. The second kappa shape index (κ2) is 10.1. The topological polar surface area (TPSA) is 73.1 Å². The van der Waals surface area contributed by atoms with E-state index in [1.54, 1.807) is 0 Å². The van der Waals surface area contributed by atoms with E-state index in [9.17, 15) is 10.1 Å². The predicted octanol–water partition coefficient (Wildman–Crippen LogP) is 6.17. The lowest BCUT2D eigenvalue weighted by Crippen LogP contribution is -2.54. The van der Waals surface area contributed by atoms with Gasteiger partial charge in [0, 0.05) is 48.5 Å². The van der Waals surface area contributed by atoms with Crippen LogP contribution in [-0.2, 0) is 4.79 Å². The summed E-state index contributed by atoms with van der Waals surface area (Å²) < 4.78 is 0. The van der Waals surface area contributed by atoms with Crippen LogP contribution in [0.1, 0.15) is 63.6 Å². The van der Waals surface area contributed by atoms with E-state index in [0.29, 0.717) is 36.3 Å². The molecule has 3 heterocycles. The Balaban J connectivity index is 0.00000130. The van der Waals surface area contributed by atoms with Gasteiger partial charge in [0.05, 0.1) is 16.8 Å². The second-order valence-electron chi connectivity index (χ2n) is 9.79. The summed E-state index contributed by atoms with van der Waals surface area (Å²) in [5.74, 6) is 1.64. The molecule has 1 amide bonds. The monoisotopic (exact) mass is 501 g/mol. The van der Waals surface area contributed by atoms with Crippen molar-refractivity contribution in [2.45, 2.75) is 58.4 Å². The maximum atomic E-state index is 12.6. The van der Waals surface area contributed by atoms with Gasteiger partial charge >= 0.3 is 0 Å². The van der Waals surface area contributed by atoms with Gasteiger partial charge in [-0.2, -0.15) is 5.26 Å². The number of nitrogens with zero attached hydrogens (tertiary/aromatic N) is 5. The lowest BCUT2D eigenvalue weighted by molar-refractivity contribution is -0.134. The minimum atomic E-state index is 0.0993. The van der Waals surface area contributed by atoms with Crippen LogP contribution in [0.15, 0.2) is 36.4 Å². The van der Waals surface area contributed by atoms with Gasteiger partial charge in [0.1, 0.15) is 17.0 Å². The Kier molecular flexibility index (Phi) is 6.85. The summed E-state index contributed by atoms with van der Waals surface area (Å²) in [5, 5.41) is 11.5. The number of fused-ring (bicyclic) bond motifs is 1. The lowest BCUT2D eigenvalue weighted by atomic mass is 9.96. The van der Waals surface area contributed by atoms with E-state index in [4.69, 9.17) is 16.6 Å². The zero-order chi connectivity index (χ0) is 25.4. The predicted molar refractivity (Wildman–Crippen MR) is 144 cm³/mol. The summed E-state index contributed by atoms with van der Waals surface area (Å²) in [7, 11) is 0. The number of anilines is 1. The molecule has 1 saturated heterocycles. The third-order valence-corrected chi connectivity index (χ3v) is 7.42. The van der Waals surface area contributed by atoms with Gasteiger partial charge in [-0.05, 0) is 56.4 Å². The number of carbonyl (C=O) groups is 1. The van der Waals surface area contributed by atoms with Crippen LogP contribution in [0.2, 0.25) is 5.15 Å². The number of benzene rings is 1. The third kappa shape index (κ3) is 4.65. The van der Waals surface area contributed by atoms with E-state index in [2.05, 4.69) is 22.9 Å². The Morgan fingerprint density at radius 2 is 1.81 bits per heavy atom. The van der Waals surface area contributed by atoms with Crippen molar-refractivity contribution in [2.75, 3.05) is 24.5 Å². The molecule has 36 heavy (non-hydrogen) atoms. The van der Waals surface area contributed by atoms with Crippen molar-refractivity contribution in [3.05, 3.63) is 52.8 Å². The number of hydrogen-bond donors (Lipinski definition) is 0. The van der Waals surface area contributed by atoms with E-state index < -0.39 is 0 Å². The molecule has 2 saturated carbocycles. The first-order valence-corrected chi connectivity index (χ1v) is 13.5. The van der Waals surface area contributed by atoms with Gasteiger partial charge in [-0.1, -0.05) is 43.6 Å².